The van der Waals surface area contributed by atoms with Crippen molar-refractivity contribution in [2.75, 3.05) is 7.11 Å². The Bertz CT molecular complexity index is 350. The molecule has 0 radical (unpaired) electrons. The third kappa shape index (κ3) is 3.44. The Morgan fingerprint density at radius 2 is 2.27 bits per heavy atom. The number of aliphatic carboxylic acids is 1. The largest absolute Gasteiger partial charge is 0.495 e. The van der Waals surface area contributed by atoms with E-state index in [1.54, 1.807) is 13.2 Å². The molecule has 3 nitrogen and oxygen atoms in total. The van der Waals surface area contributed by atoms with E-state index < -0.39 is 5.97 Å². The van der Waals surface area contributed by atoms with Crippen molar-refractivity contribution in [3.63, 3.8) is 0 Å². The highest BCUT2D eigenvalue weighted by Gasteiger charge is 2.07. The number of halogens is 1. The Morgan fingerprint density at radius 3 is 2.87 bits per heavy atom. The maximum Gasteiger partial charge on any atom is 0.303 e. The van der Waals surface area contributed by atoms with Crippen molar-refractivity contribution in [1.82, 2.24) is 0 Å². The van der Waals surface area contributed by atoms with Gasteiger partial charge in [-0.15, -0.1) is 0 Å². The molecule has 15 heavy (non-hydrogen) atoms. The van der Waals surface area contributed by atoms with Crippen LogP contribution in [0.2, 0.25) is 5.02 Å². The van der Waals surface area contributed by atoms with E-state index in [-0.39, 0.29) is 6.42 Å². The third-order valence-corrected chi connectivity index (χ3v) is 2.39. The van der Waals surface area contributed by atoms with Gasteiger partial charge in [0.05, 0.1) is 12.1 Å². The van der Waals surface area contributed by atoms with E-state index >= 15 is 0 Å². The molecule has 0 heterocycles. The van der Waals surface area contributed by atoms with E-state index in [1.165, 1.54) is 0 Å². The lowest BCUT2D eigenvalue weighted by atomic mass is 10.1. The maximum atomic E-state index is 10.4. The number of ether oxygens (including phenoxy) is 1. The molecule has 0 unspecified atom stereocenters. The highest BCUT2D eigenvalue weighted by molar-refractivity contribution is 6.32. The van der Waals surface area contributed by atoms with Gasteiger partial charge in [-0.25, -0.2) is 0 Å². The molecule has 0 spiro atoms. The Labute approximate surface area is 93.6 Å². The van der Waals surface area contributed by atoms with E-state index in [1.807, 2.05) is 12.1 Å². The van der Waals surface area contributed by atoms with Crippen LogP contribution in [0.4, 0.5) is 0 Å². The average Bonchev–Trinajstić information content (AvgIpc) is 2.17. The molecule has 0 aliphatic rings. The van der Waals surface area contributed by atoms with Gasteiger partial charge in [-0.1, -0.05) is 23.7 Å². The molecule has 0 amide bonds. The summed E-state index contributed by atoms with van der Waals surface area (Å²) in [6, 6.07) is 5.48. The molecule has 0 saturated carbocycles. The van der Waals surface area contributed by atoms with Crippen molar-refractivity contribution < 1.29 is 14.6 Å². The van der Waals surface area contributed by atoms with Gasteiger partial charge in [0.15, 0.2) is 0 Å². The van der Waals surface area contributed by atoms with Gasteiger partial charge in [-0.05, 0) is 24.5 Å². The van der Waals surface area contributed by atoms with E-state index in [0.717, 1.165) is 5.56 Å². The Morgan fingerprint density at radius 1 is 1.53 bits per heavy atom. The third-order valence-electron chi connectivity index (χ3n) is 2.09. The summed E-state index contributed by atoms with van der Waals surface area (Å²) in [7, 11) is 1.56. The fraction of sp³-hybridized carbons (Fsp3) is 0.364. The second kappa shape index (κ2) is 5.61. The number of para-hydroxylation sites is 1. The standard InChI is InChI=1S/C11H13ClO3/c1-15-11-8(4-2-6-9(11)12)5-3-7-10(13)14/h2,4,6H,3,5,7H2,1H3,(H,13,14). The normalized spacial score (nSPS) is 10.0. The fourth-order valence-electron chi connectivity index (χ4n) is 1.41. The van der Waals surface area contributed by atoms with Crippen molar-refractivity contribution >= 4 is 17.6 Å². The van der Waals surface area contributed by atoms with Crippen molar-refractivity contribution in [3.05, 3.63) is 28.8 Å². The van der Waals surface area contributed by atoms with Crippen LogP contribution in [-0.2, 0) is 11.2 Å². The van der Waals surface area contributed by atoms with Crippen LogP contribution < -0.4 is 4.74 Å². The highest BCUT2D eigenvalue weighted by atomic mass is 35.5. The summed E-state index contributed by atoms with van der Waals surface area (Å²) < 4.78 is 5.15. The molecule has 1 N–H and O–H groups in total. The molecule has 0 atom stereocenters. The molecule has 1 rings (SSSR count). The molecule has 0 aromatic heterocycles. The number of carbonyl (C=O) groups is 1. The van der Waals surface area contributed by atoms with Crippen LogP contribution in [0.25, 0.3) is 0 Å². The van der Waals surface area contributed by atoms with Crippen LogP contribution in [0.3, 0.4) is 0 Å². The zero-order valence-corrected chi connectivity index (χ0v) is 9.25. The predicted octanol–water partition coefficient (Wildman–Crippen LogP) is 2.76. The first-order valence-corrected chi connectivity index (χ1v) is 5.06. The summed E-state index contributed by atoms with van der Waals surface area (Å²) in [4.78, 5) is 10.4. The van der Waals surface area contributed by atoms with Crippen LogP contribution in [-0.4, -0.2) is 18.2 Å². The number of aryl methyl sites for hydroxylation is 1. The molecular formula is C11H13ClO3. The number of hydrogen-bond donors (Lipinski definition) is 1. The monoisotopic (exact) mass is 228 g/mol. The summed E-state index contributed by atoms with van der Waals surface area (Å²) in [6.45, 7) is 0. The number of carboxylic acid groups (broad SMARTS) is 1. The molecule has 82 valence electrons. The maximum absolute atomic E-state index is 10.4. The van der Waals surface area contributed by atoms with Gasteiger partial charge in [0.2, 0.25) is 0 Å². The van der Waals surface area contributed by atoms with Crippen LogP contribution in [0.1, 0.15) is 18.4 Å². The number of hydrogen-bond acceptors (Lipinski definition) is 2. The van der Waals surface area contributed by atoms with Crippen LogP contribution in [0, 0.1) is 0 Å². The van der Waals surface area contributed by atoms with Crippen LogP contribution in [0.5, 0.6) is 5.75 Å². The zero-order chi connectivity index (χ0) is 11.3. The van der Waals surface area contributed by atoms with E-state index in [0.29, 0.717) is 23.6 Å². The van der Waals surface area contributed by atoms with Gasteiger partial charge >= 0.3 is 5.97 Å². The molecule has 0 bridgehead atoms. The average molecular weight is 229 g/mol. The summed E-state index contributed by atoms with van der Waals surface area (Å²) in [5, 5.41) is 9.08. The van der Waals surface area contributed by atoms with Gasteiger partial charge in [0.1, 0.15) is 5.75 Å². The lowest BCUT2D eigenvalue weighted by Crippen LogP contribution is -1.98. The number of rotatable bonds is 5. The van der Waals surface area contributed by atoms with Gasteiger partial charge < -0.3 is 9.84 Å². The Kier molecular flexibility index (Phi) is 4.43. The van der Waals surface area contributed by atoms with Crippen LogP contribution in [0.15, 0.2) is 18.2 Å². The van der Waals surface area contributed by atoms with Gasteiger partial charge in [-0.2, -0.15) is 0 Å². The van der Waals surface area contributed by atoms with Gasteiger partial charge in [0, 0.05) is 6.42 Å². The van der Waals surface area contributed by atoms with E-state index in [2.05, 4.69) is 0 Å². The van der Waals surface area contributed by atoms with Crippen molar-refractivity contribution in [2.45, 2.75) is 19.3 Å². The van der Waals surface area contributed by atoms with Crippen molar-refractivity contribution in [2.24, 2.45) is 0 Å². The molecule has 0 aliphatic heterocycles. The number of methoxy groups -OCH3 is 1. The lowest BCUT2D eigenvalue weighted by Gasteiger charge is -2.09. The summed E-state index contributed by atoms with van der Waals surface area (Å²) in [6.07, 6.45) is 1.41. The second-order valence-corrected chi connectivity index (χ2v) is 3.59. The van der Waals surface area contributed by atoms with Gasteiger partial charge in [-0.3, -0.25) is 4.79 Å². The molecule has 1 aromatic carbocycles. The van der Waals surface area contributed by atoms with E-state index in [4.69, 9.17) is 21.4 Å². The number of benzene rings is 1. The smallest absolute Gasteiger partial charge is 0.303 e. The molecule has 4 heteroatoms. The summed E-state index contributed by atoms with van der Waals surface area (Å²) >= 11 is 5.93. The summed E-state index contributed by atoms with van der Waals surface area (Å²) in [5.74, 6) is -0.138. The fourth-order valence-corrected chi connectivity index (χ4v) is 1.68. The molecular weight excluding hydrogens is 216 g/mol. The van der Waals surface area contributed by atoms with Crippen LogP contribution >= 0.6 is 11.6 Å². The van der Waals surface area contributed by atoms with Gasteiger partial charge in [0.25, 0.3) is 0 Å². The first kappa shape index (κ1) is 11.9. The molecule has 0 fully saturated rings. The highest BCUT2D eigenvalue weighted by Crippen LogP contribution is 2.29. The summed E-state index contributed by atoms with van der Waals surface area (Å²) in [5.41, 5.74) is 0.950. The van der Waals surface area contributed by atoms with E-state index in [9.17, 15) is 4.79 Å². The Balaban J connectivity index is 2.67. The molecule has 0 aliphatic carbocycles. The molecule has 1 aromatic rings. The SMILES string of the molecule is COc1c(Cl)cccc1CCCC(=O)O. The topological polar surface area (TPSA) is 46.5 Å². The second-order valence-electron chi connectivity index (χ2n) is 3.18. The minimum atomic E-state index is -0.781. The lowest BCUT2D eigenvalue weighted by molar-refractivity contribution is -0.137. The van der Waals surface area contributed by atoms with Crippen molar-refractivity contribution in [3.8, 4) is 5.75 Å². The zero-order valence-electron chi connectivity index (χ0n) is 8.50. The minimum Gasteiger partial charge on any atom is -0.495 e. The minimum absolute atomic E-state index is 0.162. The van der Waals surface area contributed by atoms with Crippen molar-refractivity contribution in [1.29, 1.82) is 0 Å². The predicted molar refractivity (Wildman–Crippen MR) is 58.6 cm³/mol. The quantitative estimate of drug-likeness (QED) is 0.843. The first-order valence-electron chi connectivity index (χ1n) is 4.68. The number of carboxylic acids is 1. The molecule has 0 saturated heterocycles. The first-order chi connectivity index (χ1) is 7.15. The Hall–Kier alpha value is -1.22.